The fourth-order valence-corrected chi connectivity index (χ4v) is 2.25. The summed E-state index contributed by atoms with van der Waals surface area (Å²) in [5, 5.41) is 3.45. The van der Waals surface area contributed by atoms with Crippen molar-refractivity contribution in [2.24, 2.45) is 0 Å². The van der Waals surface area contributed by atoms with Gasteiger partial charge in [0.05, 0.1) is 11.6 Å². The van der Waals surface area contributed by atoms with Crippen LogP contribution in [0.15, 0.2) is 18.2 Å². The number of ether oxygens (including phenoxy) is 2. The second-order valence-electron chi connectivity index (χ2n) is 4.54. The number of hydrogen-bond donors (Lipinski definition) is 1. The fourth-order valence-electron chi connectivity index (χ4n) is 2.05. The summed E-state index contributed by atoms with van der Waals surface area (Å²) in [6.45, 7) is 2.68. The third-order valence-electron chi connectivity index (χ3n) is 3.26. The summed E-state index contributed by atoms with van der Waals surface area (Å²) in [4.78, 5) is 0. The van der Waals surface area contributed by atoms with Crippen molar-refractivity contribution in [2.45, 2.75) is 18.6 Å². The van der Waals surface area contributed by atoms with Gasteiger partial charge >= 0.3 is 0 Å². The molecule has 1 aliphatic rings. The lowest BCUT2D eigenvalue weighted by Crippen LogP contribution is -2.42. The van der Waals surface area contributed by atoms with Crippen molar-refractivity contribution in [3.63, 3.8) is 0 Å². The van der Waals surface area contributed by atoms with Crippen molar-refractivity contribution in [1.82, 2.24) is 5.32 Å². The van der Waals surface area contributed by atoms with Crippen LogP contribution in [0, 0.1) is 5.82 Å². The molecule has 1 fully saturated rings. The Morgan fingerprint density at radius 3 is 3.00 bits per heavy atom. The molecule has 0 aliphatic carbocycles. The van der Waals surface area contributed by atoms with Gasteiger partial charge in [0.1, 0.15) is 11.4 Å². The summed E-state index contributed by atoms with van der Waals surface area (Å²) in [6, 6.07) is 4.73. The van der Waals surface area contributed by atoms with Crippen LogP contribution in [0.5, 0.6) is 0 Å². The molecule has 1 aromatic carbocycles. The van der Waals surface area contributed by atoms with Crippen LogP contribution in [-0.2, 0) is 16.0 Å². The molecule has 100 valence electrons. The van der Waals surface area contributed by atoms with Crippen molar-refractivity contribution in [1.29, 1.82) is 0 Å². The molecule has 1 saturated heterocycles. The van der Waals surface area contributed by atoms with Crippen molar-refractivity contribution in [3.05, 3.63) is 34.6 Å². The molecule has 2 rings (SSSR count). The lowest BCUT2D eigenvalue weighted by atomic mass is 10.0. The minimum atomic E-state index is -0.391. The molecule has 0 saturated carbocycles. The Balaban J connectivity index is 1.86. The van der Waals surface area contributed by atoms with Gasteiger partial charge in [0.25, 0.3) is 0 Å². The van der Waals surface area contributed by atoms with Crippen LogP contribution in [0.25, 0.3) is 0 Å². The third-order valence-corrected chi connectivity index (χ3v) is 3.55. The van der Waals surface area contributed by atoms with E-state index in [1.165, 1.54) is 6.07 Å². The molecule has 0 spiro atoms. The number of nitrogens with one attached hydrogen (secondary N) is 1. The molecule has 1 aromatic rings. The van der Waals surface area contributed by atoms with Gasteiger partial charge in [-0.2, -0.15) is 0 Å². The lowest BCUT2D eigenvalue weighted by Gasteiger charge is -2.26. The topological polar surface area (TPSA) is 30.5 Å². The van der Waals surface area contributed by atoms with Crippen LogP contribution in [0.4, 0.5) is 4.39 Å². The number of rotatable bonds is 5. The quantitative estimate of drug-likeness (QED) is 0.893. The predicted octanol–water partition coefficient (Wildman–Crippen LogP) is 2.37. The fraction of sp³-hybridized carbons (Fsp3) is 0.538. The lowest BCUT2D eigenvalue weighted by molar-refractivity contribution is -0.0159. The molecule has 0 aromatic heterocycles. The second-order valence-corrected chi connectivity index (χ2v) is 4.95. The van der Waals surface area contributed by atoms with Gasteiger partial charge in [-0.15, -0.1) is 0 Å². The molecule has 1 N–H and O–H groups in total. The van der Waals surface area contributed by atoms with Gasteiger partial charge in [-0.05, 0) is 17.7 Å². The third kappa shape index (κ3) is 3.20. The number of benzene rings is 1. The van der Waals surface area contributed by atoms with Gasteiger partial charge in [0.2, 0.25) is 0 Å². The first-order chi connectivity index (χ1) is 8.65. The zero-order valence-electron chi connectivity index (χ0n) is 10.3. The molecule has 1 heterocycles. The number of methoxy groups -OCH3 is 1. The van der Waals surface area contributed by atoms with E-state index in [0.717, 1.165) is 18.6 Å². The Morgan fingerprint density at radius 1 is 1.56 bits per heavy atom. The van der Waals surface area contributed by atoms with Gasteiger partial charge in [0, 0.05) is 33.2 Å². The zero-order valence-corrected chi connectivity index (χ0v) is 11.1. The first-order valence-corrected chi connectivity index (χ1v) is 6.31. The minimum absolute atomic E-state index is 0.153. The summed E-state index contributed by atoms with van der Waals surface area (Å²) < 4.78 is 23.9. The summed E-state index contributed by atoms with van der Waals surface area (Å²) in [5.74, 6) is -0.391. The van der Waals surface area contributed by atoms with Crippen molar-refractivity contribution in [3.8, 4) is 0 Å². The molecule has 5 heteroatoms. The summed E-state index contributed by atoms with van der Waals surface area (Å²) in [6.07, 6.45) is 0.890. The monoisotopic (exact) mass is 273 g/mol. The van der Waals surface area contributed by atoms with E-state index in [-0.39, 0.29) is 10.6 Å². The Labute approximate surface area is 111 Å². The Kier molecular flexibility index (Phi) is 4.56. The number of hydrogen-bond acceptors (Lipinski definition) is 3. The first-order valence-electron chi connectivity index (χ1n) is 5.93. The molecular weight excluding hydrogens is 257 g/mol. The Bertz CT molecular complexity index is 408. The van der Waals surface area contributed by atoms with Gasteiger partial charge in [0.15, 0.2) is 0 Å². The molecule has 0 radical (unpaired) electrons. The predicted molar refractivity (Wildman–Crippen MR) is 68.3 cm³/mol. The van der Waals surface area contributed by atoms with Crippen LogP contribution in [0.2, 0.25) is 5.02 Å². The molecule has 1 atom stereocenters. The zero-order chi connectivity index (χ0) is 13.0. The molecule has 1 unspecified atom stereocenters. The maximum atomic E-state index is 13.0. The highest BCUT2D eigenvalue weighted by Crippen LogP contribution is 2.22. The van der Waals surface area contributed by atoms with E-state index < -0.39 is 5.82 Å². The van der Waals surface area contributed by atoms with Crippen LogP contribution in [0.3, 0.4) is 0 Å². The summed E-state index contributed by atoms with van der Waals surface area (Å²) in [7, 11) is 1.70. The van der Waals surface area contributed by atoms with Crippen LogP contribution < -0.4 is 5.32 Å². The van der Waals surface area contributed by atoms with Crippen molar-refractivity contribution in [2.75, 3.05) is 26.9 Å². The number of halogens is 2. The van der Waals surface area contributed by atoms with E-state index in [1.807, 2.05) is 0 Å². The molecule has 1 aliphatic heterocycles. The van der Waals surface area contributed by atoms with Crippen LogP contribution in [-0.4, -0.2) is 32.5 Å². The highest BCUT2D eigenvalue weighted by atomic mass is 35.5. The standard InChI is InChI=1S/C13H17ClFNO2/c1-17-13(4-5-18-9-13)8-16-7-10-2-3-12(15)11(14)6-10/h2-3,6,16H,4-5,7-9H2,1H3. The average Bonchev–Trinajstić information content (AvgIpc) is 2.83. The summed E-state index contributed by atoms with van der Waals surface area (Å²) in [5.41, 5.74) is 0.718. The van der Waals surface area contributed by atoms with Gasteiger partial charge in [-0.3, -0.25) is 0 Å². The highest BCUT2D eigenvalue weighted by molar-refractivity contribution is 6.30. The minimum Gasteiger partial charge on any atom is -0.378 e. The van der Waals surface area contributed by atoms with Gasteiger partial charge < -0.3 is 14.8 Å². The Morgan fingerprint density at radius 2 is 2.39 bits per heavy atom. The largest absolute Gasteiger partial charge is 0.378 e. The molecule has 18 heavy (non-hydrogen) atoms. The first kappa shape index (κ1) is 13.7. The van der Waals surface area contributed by atoms with E-state index in [4.69, 9.17) is 21.1 Å². The van der Waals surface area contributed by atoms with E-state index in [9.17, 15) is 4.39 Å². The normalized spacial score (nSPS) is 23.5. The summed E-state index contributed by atoms with van der Waals surface area (Å²) >= 11 is 5.73. The maximum absolute atomic E-state index is 13.0. The Hall–Kier alpha value is -0.680. The molecular formula is C13H17ClFNO2. The highest BCUT2D eigenvalue weighted by Gasteiger charge is 2.34. The van der Waals surface area contributed by atoms with E-state index in [1.54, 1.807) is 19.2 Å². The van der Waals surface area contributed by atoms with Crippen LogP contribution >= 0.6 is 11.6 Å². The van der Waals surface area contributed by atoms with Crippen LogP contribution in [0.1, 0.15) is 12.0 Å². The van der Waals surface area contributed by atoms with Crippen molar-refractivity contribution >= 4 is 11.6 Å². The molecule has 0 bridgehead atoms. The van der Waals surface area contributed by atoms with Gasteiger partial charge in [-0.25, -0.2) is 4.39 Å². The average molecular weight is 274 g/mol. The van der Waals surface area contributed by atoms with E-state index in [0.29, 0.717) is 19.7 Å². The van der Waals surface area contributed by atoms with Gasteiger partial charge in [-0.1, -0.05) is 17.7 Å². The smallest absolute Gasteiger partial charge is 0.141 e. The molecule has 0 amide bonds. The molecule has 3 nitrogen and oxygen atoms in total. The van der Waals surface area contributed by atoms with Crippen molar-refractivity contribution < 1.29 is 13.9 Å². The SMILES string of the molecule is COC1(CNCc2ccc(F)c(Cl)c2)CCOC1. The second kappa shape index (κ2) is 5.97. The van der Waals surface area contributed by atoms with E-state index >= 15 is 0 Å². The maximum Gasteiger partial charge on any atom is 0.141 e. The van der Waals surface area contributed by atoms with E-state index in [2.05, 4.69) is 5.32 Å².